The van der Waals surface area contributed by atoms with Crippen LogP contribution in [0, 0.1) is 5.92 Å². The van der Waals surface area contributed by atoms with Crippen LogP contribution < -0.4 is 16.0 Å². The highest BCUT2D eigenvalue weighted by atomic mass is 16.6. The maximum atomic E-state index is 12.7. The van der Waals surface area contributed by atoms with Crippen molar-refractivity contribution in [2.75, 3.05) is 6.54 Å². The van der Waals surface area contributed by atoms with Gasteiger partial charge in [0.15, 0.2) is 0 Å². The van der Waals surface area contributed by atoms with Gasteiger partial charge in [-0.05, 0) is 44.2 Å². The second-order valence-corrected chi connectivity index (χ2v) is 9.37. The third-order valence-corrected chi connectivity index (χ3v) is 4.71. The molecule has 3 N–H and O–H groups in total. The number of ether oxygens (including phenoxy) is 1. The molecular weight excluding hydrogens is 418 g/mol. The number of alkyl carbamates (subject to hydrolysis) is 1. The summed E-state index contributed by atoms with van der Waals surface area (Å²) in [5, 5.41) is 8.25. The van der Waals surface area contributed by atoms with Crippen LogP contribution >= 0.6 is 0 Å². The summed E-state index contributed by atoms with van der Waals surface area (Å²) < 4.78 is 5.27. The summed E-state index contributed by atoms with van der Waals surface area (Å²) in [6, 6.07) is 18.1. The highest BCUT2D eigenvalue weighted by molar-refractivity contribution is 5.89. The van der Waals surface area contributed by atoms with Gasteiger partial charge in [-0.25, -0.2) is 4.79 Å². The summed E-state index contributed by atoms with van der Waals surface area (Å²) in [6.45, 7) is 8.96. The van der Waals surface area contributed by atoms with E-state index in [1.165, 1.54) is 0 Å². The van der Waals surface area contributed by atoms with Crippen molar-refractivity contribution < 1.29 is 19.1 Å². The Morgan fingerprint density at radius 2 is 1.36 bits per heavy atom. The van der Waals surface area contributed by atoms with Crippen LogP contribution in [0.25, 0.3) is 0 Å². The maximum absolute atomic E-state index is 12.7. The van der Waals surface area contributed by atoms with E-state index in [-0.39, 0.29) is 24.4 Å². The Morgan fingerprint density at radius 3 is 1.82 bits per heavy atom. The summed E-state index contributed by atoms with van der Waals surface area (Å²) in [5.74, 6) is -0.604. The van der Waals surface area contributed by atoms with Crippen LogP contribution in [-0.2, 0) is 14.3 Å². The van der Waals surface area contributed by atoms with Gasteiger partial charge in [0.1, 0.15) is 11.6 Å². The second kappa shape index (κ2) is 12.0. The molecule has 0 radical (unpaired) electrons. The lowest BCUT2D eigenvalue weighted by molar-refractivity contribution is -0.127. The molecule has 7 nitrogen and oxygen atoms in total. The van der Waals surface area contributed by atoms with Crippen molar-refractivity contribution in [3.63, 3.8) is 0 Å². The van der Waals surface area contributed by atoms with Crippen LogP contribution in [0.3, 0.4) is 0 Å². The molecule has 0 aliphatic carbocycles. The Hall–Kier alpha value is -3.35. The second-order valence-electron chi connectivity index (χ2n) is 9.37. The molecule has 0 fully saturated rings. The van der Waals surface area contributed by atoms with Crippen LogP contribution in [0.15, 0.2) is 60.7 Å². The third-order valence-electron chi connectivity index (χ3n) is 4.71. The number of carbonyl (C=O) groups excluding carboxylic acids is 3. The number of amides is 3. The van der Waals surface area contributed by atoms with E-state index in [9.17, 15) is 14.4 Å². The number of carbonyl (C=O) groups is 3. The highest BCUT2D eigenvalue weighted by Gasteiger charge is 2.26. The highest BCUT2D eigenvalue weighted by Crippen LogP contribution is 2.21. The van der Waals surface area contributed by atoms with E-state index in [0.717, 1.165) is 11.1 Å². The van der Waals surface area contributed by atoms with E-state index in [1.54, 1.807) is 20.8 Å². The van der Waals surface area contributed by atoms with Gasteiger partial charge < -0.3 is 20.7 Å². The Labute approximate surface area is 196 Å². The van der Waals surface area contributed by atoms with Gasteiger partial charge in [0.25, 0.3) is 0 Å². The zero-order valence-electron chi connectivity index (χ0n) is 20.1. The van der Waals surface area contributed by atoms with Gasteiger partial charge in [-0.1, -0.05) is 74.5 Å². The molecule has 3 amide bonds. The molecule has 0 bridgehead atoms. The van der Waals surface area contributed by atoms with Crippen molar-refractivity contribution in [2.24, 2.45) is 5.92 Å². The van der Waals surface area contributed by atoms with Crippen molar-refractivity contribution in [3.05, 3.63) is 71.8 Å². The molecule has 2 aromatic rings. The molecule has 0 aliphatic heterocycles. The molecule has 2 rings (SSSR count). The van der Waals surface area contributed by atoms with Gasteiger partial charge in [0.05, 0.1) is 12.6 Å². The fraction of sp³-hybridized carbons (Fsp3) is 0.423. The molecule has 33 heavy (non-hydrogen) atoms. The summed E-state index contributed by atoms with van der Waals surface area (Å²) in [6.07, 6.45) is -0.246. The topological polar surface area (TPSA) is 96.5 Å². The Balaban J connectivity index is 2.02. The smallest absolute Gasteiger partial charge is 0.408 e. The molecule has 0 unspecified atom stereocenters. The van der Waals surface area contributed by atoms with Crippen LogP contribution in [-0.4, -0.2) is 36.1 Å². The largest absolute Gasteiger partial charge is 0.444 e. The molecule has 0 saturated carbocycles. The van der Waals surface area contributed by atoms with E-state index in [1.807, 2.05) is 74.5 Å². The summed E-state index contributed by atoms with van der Waals surface area (Å²) >= 11 is 0. The standard InChI is InChI=1S/C26H35N3O4/c1-18(2)16-21(28-25(32)33-26(3,4)5)24(31)27-17-22(30)29-23(19-12-8-6-9-13-19)20-14-10-7-11-15-20/h6-15,18,21,23H,16-17H2,1-5H3,(H,27,31)(H,28,32)(H,29,30)/t21-/m1/s1. The Morgan fingerprint density at radius 1 is 0.848 bits per heavy atom. The number of benzene rings is 2. The van der Waals surface area contributed by atoms with E-state index < -0.39 is 23.6 Å². The summed E-state index contributed by atoms with van der Waals surface area (Å²) in [7, 11) is 0. The monoisotopic (exact) mass is 453 g/mol. The molecule has 0 saturated heterocycles. The third kappa shape index (κ3) is 9.35. The van der Waals surface area contributed by atoms with E-state index in [4.69, 9.17) is 4.74 Å². The Bertz CT molecular complexity index is 869. The van der Waals surface area contributed by atoms with Crippen molar-refractivity contribution in [1.29, 1.82) is 0 Å². The normalized spacial score (nSPS) is 12.2. The summed E-state index contributed by atoms with van der Waals surface area (Å²) in [4.78, 5) is 37.6. The molecule has 0 aliphatic rings. The number of nitrogens with one attached hydrogen (secondary N) is 3. The zero-order chi connectivity index (χ0) is 24.4. The first-order valence-electron chi connectivity index (χ1n) is 11.2. The molecule has 0 heterocycles. The average molecular weight is 454 g/mol. The van der Waals surface area contributed by atoms with Crippen LogP contribution in [0.5, 0.6) is 0 Å². The fourth-order valence-corrected chi connectivity index (χ4v) is 3.31. The van der Waals surface area contributed by atoms with Gasteiger partial charge in [-0.3, -0.25) is 9.59 Å². The molecule has 0 aromatic heterocycles. The first-order chi connectivity index (χ1) is 15.5. The van der Waals surface area contributed by atoms with Gasteiger partial charge >= 0.3 is 6.09 Å². The molecule has 2 aromatic carbocycles. The van der Waals surface area contributed by atoms with Crippen molar-refractivity contribution in [1.82, 2.24) is 16.0 Å². The number of hydrogen-bond acceptors (Lipinski definition) is 4. The quantitative estimate of drug-likeness (QED) is 0.536. The molecular formula is C26H35N3O4. The minimum absolute atomic E-state index is 0.157. The number of rotatable bonds is 9. The van der Waals surface area contributed by atoms with Crippen molar-refractivity contribution in [2.45, 2.75) is 58.7 Å². The van der Waals surface area contributed by atoms with E-state index >= 15 is 0 Å². The lowest BCUT2D eigenvalue weighted by atomic mass is 9.99. The van der Waals surface area contributed by atoms with E-state index in [2.05, 4.69) is 16.0 Å². The number of hydrogen-bond donors (Lipinski definition) is 3. The molecule has 1 atom stereocenters. The van der Waals surface area contributed by atoms with E-state index in [0.29, 0.717) is 6.42 Å². The van der Waals surface area contributed by atoms with Crippen molar-refractivity contribution in [3.8, 4) is 0 Å². The lowest BCUT2D eigenvalue weighted by Crippen LogP contribution is -2.50. The minimum atomic E-state index is -0.799. The predicted molar refractivity (Wildman–Crippen MR) is 128 cm³/mol. The average Bonchev–Trinajstić information content (AvgIpc) is 2.75. The van der Waals surface area contributed by atoms with Gasteiger partial charge in [0.2, 0.25) is 11.8 Å². The van der Waals surface area contributed by atoms with Gasteiger partial charge in [0, 0.05) is 0 Å². The van der Waals surface area contributed by atoms with Crippen LogP contribution in [0.2, 0.25) is 0 Å². The first kappa shape index (κ1) is 25.9. The fourth-order valence-electron chi connectivity index (χ4n) is 3.31. The van der Waals surface area contributed by atoms with Crippen LogP contribution in [0.1, 0.15) is 58.2 Å². The lowest BCUT2D eigenvalue weighted by Gasteiger charge is -2.24. The maximum Gasteiger partial charge on any atom is 0.408 e. The molecule has 7 heteroatoms. The zero-order valence-corrected chi connectivity index (χ0v) is 20.1. The first-order valence-corrected chi connectivity index (χ1v) is 11.2. The Kier molecular flexibility index (Phi) is 9.45. The van der Waals surface area contributed by atoms with Gasteiger partial charge in [-0.15, -0.1) is 0 Å². The predicted octanol–water partition coefficient (Wildman–Crippen LogP) is 3.95. The molecule has 0 spiro atoms. The summed E-state index contributed by atoms with van der Waals surface area (Å²) in [5.41, 5.74) is 1.20. The van der Waals surface area contributed by atoms with Crippen molar-refractivity contribution >= 4 is 17.9 Å². The van der Waals surface area contributed by atoms with Gasteiger partial charge in [-0.2, -0.15) is 0 Å². The minimum Gasteiger partial charge on any atom is -0.444 e. The van der Waals surface area contributed by atoms with Crippen LogP contribution in [0.4, 0.5) is 4.79 Å². The SMILES string of the molecule is CC(C)C[C@@H](NC(=O)OC(C)(C)C)C(=O)NCC(=O)NC(c1ccccc1)c1ccccc1. The molecule has 178 valence electrons.